The Morgan fingerprint density at radius 1 is 1.17 bits per heavy atom. The molecular weight excluding hydrogens is 369 g/mol. The highest BCUT2D eigenvalue weighted by Crippen LogP contribution is 2.18. The number of ether oxygens (including phenoxy) is 1. The third-order valence-corrected chi connectivity index (χ3v) is 4.53. The molecule has 3 aromatic rings. The molecule has 5 nitrogen and oxygen atoms in total. The van der Waals surface area contributed by atoms with Gasteiger partial charge in [-0.1, -0.05) is 18.1 Å². The number of halogens is 1. The summed E-state index contributed by atoms with van der Waals surface area (Å²) < 4.78 is 20.2. The van der Waals surface area contributed by atoms with Crippen LogP contribution in [0.2, 0.25) is 0 Å². The lowest BCUT2D eigenvalue weighted by Crippen LogP contribution is -2.26. The highest BCUT2D eigenvalue weighted by Gasteiger charge is 2.19. The number of nitrogens with one attached hydrogen (secondary N) is 1. The minimum atomic E-state index is -0.316. The summed E-state index contributed by atoms with van der Waals surface area (Å²) in [6, 6.07) is 13.6. The number of carbonyl (C=O) groups excluding carboxylic acids is 1. The Hall–Kier alpha value is -3.59. The molecule has 0 aliphatic rings. The predicted octanol–water partition coefficient (Wildman–Crippen LogP) is 3.61. The van der Waals surface area contributed by atoms with Crippen LogP contribution in [-0.4, -0.2) is 28.8 Å². The number of benzene rings is 2. The standard InChI is InChI=1S/C23H22FN3O2/c1-4-15-29-21-11-5-18(6-12-21)13-14-25-23(28)22-16(2)26-27(17(22)3)20-9-7-19(24)8-10-20/h1,5-12H,13-15H2,2-3H3,(H,25,28). The molecule has 1 amide bonds. The summed E-state index contributed by atoms with van der Waals surface area (Å²) in [4.78, 5) is 12.7. The van der Waals surface area contributed by atoms with E-state index in [0.717, 1.165) is 11.3 Å². The van der Waals surface area contributed by atoms with Crippen molar-refractivity contribution in [2.45, 2.75) is 20.3 Å². The SMILES string of the molecule is C#CCOc1ccc(CCNC(=O)c2c(C)nn(-c3ccc(F)cc3)c2C)cc1. The Bertz CT molecular complexity index is 1030. The molecule has 0 bridgehead atoms. The summed E-state index contributed by atoms with van der Waals surface area (Å²) in [7, 11) is 0. The van der Waals surface area contributed by atoms with Gasteiger partial charge in [0.05, 0.1) is 22.6 Å². The van der Waals surface area contributed by atoms with Crippen molar-refractivity contribution < 1.29 is 13.9 Å². The smallest absolute Gasteiger partial charge is 0.255 e. The average Bonchev–Trinajstić information content (AvgIpc) is 3.02. The van der Waals surface area contributed by atoms with Gasteiger partial charge in [-0.2, -0.15) is 5.10 Å². The number of hydrogen-bond donors (Lipinski definition) is 1. The first kappa shape index (κ1) is 20.2. The fourth-order valence-corrected chi connectivity index (χ4v) is 3.09. The molecule has 0 aliphatic carbocycles. The van der Waals surface area contributed by atoms with E-state index in [4.69, 9.17) is 11.2 Å². The molecule has 1 heterocycles. The summed E-state index contributed by atoms with van der Waals surface area (Å²) in [6.45, 7) is 4.34. The van der Waals surface area contributed by atoms with Gasteiger partial charge in [0.2, 0.25) is 0 Å². The van der Waals surface area contributed by atoms with Crippen LogP contribution < -0.4 is 10.1 Å². The first-order chi connectivity index (χ1) is 14.0. The molecule has 2 aromatic carbocycles. The minimum Gasteiger partial charge on any atom is -0.481 e. The van der Waals surface area contributed by atoms with Crippen molar-refractivity contribution >= 4 is 5.91 Å². The quantitative estimate of drug-likeness (QED) is 0.626. The molecule has 6 heteroatoms. The van der Waals surface area contributed by atoms with Crippen molar-refractivity contribution in [3.8, 4) is 23.8 Å². The number of terminal acetylenes is 1. The maximum atomic E-state index is 13.2. The number of rotatable bonds is 7. The van der Waals surface area contributed by atoms with Crippen molar-refractivity contribution in [1.29, 1.82) is 0 Å². The Labute approximate surface area is 169 Å². The van der Waals surface area contributed by atoms with E-state index in [0.29, 0.717) is 35.6 Å². The first-order valence-corrected chi connectivity index (χ1v) is 9.25. The Morgan fingerprint density at radius 3 is 2.52 bits per heavy atom. The van der Waals surface area contributed by atoms with Crippen molar-refractivity contribution in [1.82, 2.24) is 15.1 Å². The van der Waals surface area contributed by atoms with Gasteiger partial charge in [0.1, 0.15) is 18.2 Å². The predicted molar refractivity (Wildman–Crippen MR) is 110 cm³/mol. The summed E-state index contributed by atoms with van der Waals surface area (Å²) in [6.07, 6.45) is 5.86. The molecule has 29 heavy (non-hydrogen) atoms. The molecule has 0 atom stereocenters. The van der Waals surface area contributed by atoms with Gasteiger partial charge in [-0.3, -0.25) is 4.79 Å². The second-order valence-electron chi connectivity index (χ2n) is 6.58. The lowest BCUT2D eigenvalue weighted by Gasteiger charge is -2.08. The highest BCUT2D eigenvalue weighted by molar-refractivity contribution is 5.96. The second-order valence-corrected chi connectivity index (χ2v) is 6.58. The minimum absolute atomic E-state index is 0.178. The van der Waals surface area contributed by atoms with Crippen LogP contribution in [0.15, 0.2) is 48.5 Å². The van der Waals surface area contributed by atoms with E-state index in [1.807, 2.05) is 31.2 Å². The lowest BCUT2D eigenvalue weighted by molar-refractivity contribution is 0.0953. The van der Waals surface area contributed by atoms with Crippen molar-refractivity contribution in [3.63, 3.8) is 0 Å². The molecule has 0 spiro atoms. The molecule has 0 unspecified atom stereocenters. The van der Waals surface area contributed by atoms with Gasteiger partial charge in [0.15, 0.2) is 0 Å². The molecule has 1 N–H and O–H groups in total. The molecule has 0 radical (unpaired) electrons. The van der Waals surface area contributed by atoms with Crippen LogP contribution >= 0.6 is 0 Å². The van der Waals surface area contributed by atoms with Gasteiger partial charge in [0.25, 0.3) is 5.91 Å². The number of aryl methyl sites for hydroxylation is 1. The van der Waals surface area contributed by atoms with E-state index in [9.17, 15) is 9.18 Å². The third kappa shape index (κ3) is 4.82. The zero-order valence-corrected chi connectivity index (χ0v) is 16.4. The van der Waals surface area contributed by atoms with Gasteiger partial charge in [-0.25, -0.2) is 9.07 Å². The molecule has 0 aliphatic heterocycles. The second kappa shape index (κ2) is 9.07. The third-order valence-electron chi connectivity index (χ3n) is 4.53. The largest absolute Gasteiger partial charge is 0.481 e. The van der Waals surface area contributed by atoms with E-state index < -0.39 is 0 Å². The Morgan fingerprint density at radius 2 is 1.86 bits per heavy atom. The maximum absolute atomic E-state index is 13.2. The van der Waals surface area contributed by atoms with Gasteiger partial charge >= 0.3 is 0 Å². The summed E-state index contributed by atoms with van der Waals surface area (Å²) in [5.74, 6) is 2.65. The van der Waals surface area contributed by atoms with Gasteiger partial charge < -0.3 is 10.1 Å². The molecule has 3 rings (SSSR count). The molecule has 1 aromatic heterocycles. The van der Waals surface area contributed by atoms with Crippen LogP contribution in [0.3, 0.4) is 0 Å². The van der Waals surface area contributed by atoms with Gasteiger partial charge in [-0.05, 0) is 62.2 Å². The fourth-order valence-electron chi connectivity index (χ4n) is 3.09. The van der Waals surface area contributed by atoms with Crippen LogP contribution in [0.1, 0.15) is 27.3 Å². The monoisotopic (exact) mass is 391 g/mol. The van der Waals surface area contributed by atoms with Crippen LogP contribution in [0, 0.1) is 32.0 Å². The molecular formula is C23H22FN3O2. The normalized spacial score (nSPS) is 10.4. The van der Waals surface area contributed by atoms with Crippen molar-refractivity contribution in [3.05, 3.63) is 76.9 Å². The van der Waals surface area contributed by atoms with Crippen LogP contribution in [-0.2, 0) is 6.42 Å². The topological polar surface area (TPSA) is 56.1 Å². The Balaban J connectivity index is 1.62. The highest BCUT2D eigenvalue weighted by atomic mass is 19.1. The number of hydrogen-bond acceptors (Lipinski definition) is 3. The van der Waals surface area contributed by atoms with E-state index in [1.165, 1.54) is 12.1 Å². The maximum Gasteiger partial charge on any atom is 0.255 e. The molecule has 148 valence electrons. The van der Waals surface area contributed by atoms with E-state index in [-0.39, 0.29) is 18.3 Å². The fraction of sp³-hybridized carbons (Fsp3) is 0.217. The molecule has 0 saturated carbocycles. The number of aromatic nitrogens is 2. The van der Waals surface area contributed by atoms with Crippen LogP contribution in [0.5, 0.6) is 5.75 Å². The zero-order valence-electron chi connectivity index (χ0n) is 16.4. The summed E-state index contributed by atoms with van der Waals surface area (Å²) in [5, 5.41) is 7.38. The van der Waals surface area contributed by atoms with Crippen LogP contribution in [0.4, 0.5) is 4.39 Å². The van der Waals surface area contributed by atoms with Gasteiger partial charge in [0, 0.05) is 6.54 Å². The number of carbonyl (C=O) groups is 1. The summed E-state index contributed by atoms with van der Waals surface area (Å²) >= 11 is 0. The zero-order chi connectivity index (χ0) is 20.8. The van der Waals surface area contributed by atoms with Crippen molar-refractivity contribution in [2.75, 3.05) is 13.2 Å². The Kier molecular flexibility index (Phi) is 6.30. The van der Waals surface area contributed by atoms with E-state index >= 15 is 0 Å². The number of amides is 1. The summed E-state index contributed by atoms with van der Waals surface area (Å²) in [5.41, 5.74) is 3.65. The van der Waals surface area contributed by atoms with Crippen LogP contribution in [0.25, 0.3) is 5.69 Å². The first-order valence-electron chi connectivity index (χ1n) is 9.25. The lowest BCUT2D eigenvalue weighted by atomic mass is 10.1. The van der Waals surface area contributed by atoms with Crippen molar-refractivity contribution in [2.24, 2.45) is 0 Å². The van der Waals surface area contributed by atoms with E-state index in [1.54, 1.807) is 23.7 Å². The molecule has 0 fully saturated rings. The average molecular weight is 391 g/mol. The molecule has 0 saturated heterocycles. The van der Waals surface area contributed by atoms with E-state index in [2.05, 4.69) is 16.3 Å². The van der Waals surface area contributed by atoms with Gasteiger partial charge in [-0.15, -0.1) is 6.42 Å². The number of nitrogens with zero attached hydrogens (tertiary/aromatic N) is 2.